The number of amides is 1. The number of hydrogen-bond acceptors (Lipinski definition) is 4. The van der Waals surface area contributed by atoms with Gasteiger partial charge >= 0.3 is 0 Å². The molecule has 0 aliphatic heterocycles. The minimum atomic E-state index is 0.139. The molecule has 3 rings (SSSR count). The number of hydrogen-bond donors (Lipinski definition) is 1. The molecule has 0 spiro atoms. The van der Waals surface area contributed by atoms with Gasteiger partial charge in [-0.1, -0.05) is 30.5 Å². The standard InChI is InChI=1S/C17H22N4O2/c1-23-16-9-5-8-15(10-16)21-12-14(19-20-21)11-18-17(22)13-6-3-2-4-7-13/h5,8-10,12-13H,2-4,6-7,11H2,1H3,(H,18,22). The molecule has 1 aliphatic carbocycles. The lowest BCUT2D eigenvalue weighted by molar-refractivity contribution is -0.126. The van der Waals surface area contributed by atoms with E-state index in [4.69, 9.17) is 4.74 Å². The van der Waals surface area contributed by atoms with Gasteiger partial charge in [-0.05, 0) is 25.0 Å². The summed E-state index contributed by atoms with van der Waals surface area (Å²) in [5.74, 6) is 1.07. The van der Waals surface area contributed by atoms with E-state index >= 15 is 0 Å². The highest BCUT2D eigenvalue weighted by molar-refractivity contribution is 5.78. The van der Waals surface area contributed by atoms with Crippen LogP contribution < -0.4 is 10.1 Å². The van der Waals surface area contributed by atoms with E-state index in [9.17, 15) is 4.79 Å². The molecule has 6 nitrogen and oxygen atoms in total. The monoisotopic (exact) mass is 314 g/mol. The largest absolute Gasteiger partial charge is 0.497 e. The van der Waals surface area contributed by atoms with Crippen molar-refractivity contribution in [3.05, 3.63) is 36.2 Å². The Morgan fingerprint density at radius 2 is 2.17 bits per heavy atom. The first-order chi connectivity index (χ1) is 11.3. The number of carbonyl (C=O) groups excluding carboxylic acids is 1. The SMILES string of the molecule is COc1cccc(-n2cc(CNC(=O)C3CCCCC3)nn2)c1. The second-order valence-corrected chi connectivity index (χ2v) is 5.91. The van der Waals surface area contributed by atoms with E-state index < -0.39 is 0 Å². The predicted molar refractivity (Wildman–Crippen MR) is 86.3 cm³/mol. The molecule has 0 atom stereocenters. The van der Waals surface area contributed by atoms with Gasteiger partial charge in [-0.15, -0.1) is 5.10 Å². The summed E-state index contributed by atoms with van der Waals surface area (Å²) < 4.78 is 6.90. The average Bonchev–Trinajstić information content (AvgIpc) is 3.09. The van der Waals surface area contributed by atoms with Gasteiger partial charge in [-0.2, -0.15) is 0 Å². The summed E-state index contributed by atoms with van der Waals surface area (Å²) in [4.78, 5) is 12.1. The van der Waals surface area contributed by atoms with Gasteiger partial charge in [0.05, 0.1) is 25.5 Å². The minimum Gasteiger partial charge on any atom is -0.497 e. The molecular formula is C17H22N4O2. The molecule has 0 saturated heterocycles. The van der Waals surface area contributed by atoms with Crippen molar-refractivity contribution in [2.75, 3.05) is 7.11 Å². The third kappa shape index (κ3) is 3.88. The second-order valence-electron chi connectivity index (χ2n) is 5.91. The molecule has 0 radical (unpaired) electrons. The van der Waals surface area contributed by atoms with Crippen LogP contribution in [0.25, 0.3) is 5.69 Å². The Morgan fingerprint density at radius 1 is 1.35 bits per heavy atom. The molecule has 0 bridgehead atoms. The molecule has 1 aromatic heterocycles. The van der Waals surface area contributed by atoms with Crippen LogP contribution in [0.5, 0.6) is 5.75 Å². The predicted octanol–water partition coefficient (Wildman–Crippen LogP) is 2.47. The molecule has 1 heterocycles. The fraction of sp³-hybridized carbons (Fsp3) is 0.471. The molecule has 122 valence electrons. The molecule has 0 unspecified atom stereocenters. The van der Waals surface area contributed by atoms with E-state index in [0.717, 1.165) is 42.8 Å². The number of carbonyl (C=O) groups is 1. The maximum Gasteiger partial charge on any atom is 0.223 e. The molecule has 1 fully saturated rings. The smallest absolute Gasteiger partial charge is 0.223 e. The van der Waals surface area contributed by atoms with Gasteiger partial charge in [0.15, 0.2) is 0 Å². The highest BCUT2D eigenvalue weighted by Crippen LogP contribution is 2.23. The third-order valence-electron chi connectivity index (χ3n) is 4.28. The van der Waals surface area contributed by atoms with Crippen molar-refractivity contribution in [1.29, 1.82) is 0 Å². The van der Waals surface area contributed by atoms with Crippen molar-refractivity contribution in [3.8, 4) is 11.4 Å². The molecule has 1 aliphatic rings. The van der Waals surface area contributed by atoms with E-state index in [1.54, 1.807) is 11.8 Å². The maximum absolute atomic E-state index is 12.1. The van der Waals surface area contributed by atoms with Gasteiger partial charge in [0.2, 0.25) is 5.91 Å². The van der Waals surface area contributed by atoms with Crippen molar-refractivity contribution in [2.24, 2.45) is 5.92 Å². The number of nitrogens with one attached hydrogen (secondary N) is 1. The fourth-order valence-corrected chi connectivity index (χ4v) is 2.95. The van der Waals surface area contributed by atoms with Gasteiger partial charge in [0.1, 0.15) is 11.4 Å². The first kappa shape index (κ1) is 15.5. The summed E-state index contributed by atoms with van der Waals surface area (Å²) in [6.07, 6.45) is 7.40. The van der Waals surface area contributed by atoms with Crippen LogP contribution in [-0.2, 0) is 11.3 Å². The molecule has 23 heavy (non-hydrogen) atoms. The topological polar surface area (TPSA) is 69.0 Å². The molecule has 2 aromatic rings. The molecule has 1 N–H and O–H groups in total. The van der Waals surface area contributed by atoms with Gasteiger partial charge < -0.3 is 10.1 Å². The average molecular weight is 314 g/mol. The molecular weight excluding hydrogens is 292 g/mol. The zero-order valence-electron chi connectivity index (χ0n) is 13.4. The van der Waals surface area contributed by atoms with E-state index in [0.29, 0.717) is 6.54 Å². The lowest BCUT2D eigenvalue weighted by Gasteiger charge is -2.20. The maximum atomic E-state index is 12.1. The first-order valence-corrected chi connectivity index (χ1v) is 8.09. The Kier molecular flexibility index (Phi) is 4.90. The van der Waals surface area contributed by atoms with Crippen LogP contribution in [-0.4, -0.2) is 28.0 Å². The number of benzene rings is 1. The van der Waals surface area contributed by atoms with Crippen LogP contribution in [0.15, 0.2) is 30.5 Å². The lowest BCUT2D eigenvalue weighted by atomic mass is 9.89. The highest BCUT2D eigenvalue weighted by atomic mass is 16.5. The van der Waals surface area contributed by atoms with Crippen LogP contribution in [0, 0.1) is 5.92 Å². The van der Waals surface area contributed by atoms with E-state index in [-0.39, 0.29) is 11.8 Å². The second kappa shape index (κ2) is 7.26. The van der Waals surface area contributed by atoms with E-state index in [1.165, 1.54) is 6.42 Å². The van der Waals surface area contributed by atoms with Gasteiger partial charge in [0.25, 0.3) is 0 Å². The number of aromatic nitrogens is 3. The Labute approximate surface area is 135 Å². The summed E-state index contributed by atoms with van der Waals surface area (Å²) in [7, 11) is 1.63. The van der Waals surface area contributed by atoms with Crippen molar-refractivity contribution in [3.63, 3.8) is 0 Å². The molecule has 1 amide bonds. The molecule has 6 heteroatoms. The molecule has 1 saturated carbocycles. The molecule has 1 aromatic carbocycles. The fourth-order valence-electron chi connectivity index (χ4n) is 2.95. The van der Waals surface area contributed by atoms with E-state index in [1.807, 2.05) is 30.5 Å². The van der Waals surface area contributed by atoms with Crippen LogP contribution in [0.2, 0.25) is 0 Å². The Morgan fingerprint density at radius 3 is 2.96 bits per heavy atom. The lowest BCUT2D eigenvalue weighted by Crippen LogP contribution is -2.31. The summed E-state index contributed by atoms with van der Waals surface area (Å²) in [5, 5.41) is 11.2. The van der Waals surface area contributed by atoms with Gasteiger partial charge in [0, 0.05) is 12.0 Å². The Bertz CT molecular complexity index is 662. The summed E-state index contributed by atoms with van der Waals surface area (Å²) in [5.41, 5.74) is 1.62. The minimum absolute atomic E-state index is 0.139. The van der Waals surface area contributed by atoms with Crippen molar-refractivity contribution in [1.82, 2.24) is 20.3 Å². The normalized spacial score (nSPS) is 15.3. The van der Waals surface area contributed by atoms with Crippen molar-refractivity contribution >= 4 is 5.91 Å². The van der Waals surface area contributed by atoms with Crippen LogP contribution in [0.4, 0.5) is 0 Å². The summed E-state index contributed by atoms with van der Waals surface area (Å²) in [6, 6.07) is 7.60. The Hall–Kier alpha value is -2.37. The van der Waals surface area contributed by atoms with Crippen LogP contribution in [0.1, 0.15) is 37.8 Å². The van der Waals surface area contributed by atoms with E-state index in [2.05, 4.69) is 15.6 Å². The summed E-state index contributed by atoms with van der Waals surface area (Å²) in [6.45, 7) is 0.416. The Balaban J connectivity index is 1.59. The third-order valence-corrected chi connectivity index (χ3v) is 4.28. The number of rotatable bonds is 5. The highest BCUT2D eigenvalue weighted by Gasteiger charge is 2.20. The van der Waals surface area contributed by atoms with Crippen LogP contribution in [0.3, 0.4) is 0 Å². The van der Waals surface area contributed by atoms with Gasteiger partial charge in [-0.3, -0.25) is 4.79 Å². The van der Waals surface area contributed by atoms with Crippen LogP contribution >= 0.6 is 0 Å². The van der Waals surface area contributed by atoms with Crippen molar-refractivity contribution in [2.45, 2.75) is 38.6 Å². The quantitative estimate of drug-likeness (QED) is 0.920. The zero-order chi connectivity index (χ0) is 16.1. The summed E-state index contributed by atoms with van der Waals surface area (Å²) >= 11 is 0. The van der Waals surface area contributed by atoms with Crippen molar-refractivity contribution < 1.29 is 9.53 Å². The van der Waals surface area contributed by atoms with Gasteiger partial charge in [-0.25, -0.2) is 4.68 Å². The number of nitrogens with zero attached hydrogens (tertiary/aromatic N) is 3. The zero-order valence-corrected chi connectivity index (χ0v) is 13.4. The number of methoxy groups -OCH3 is 1. The number of ether oxygens (including phenoxy) is 1. The first-order valence-electron chi connectivity index (χ1n) is 8.09.